The number of anilines is 1. The first-order valence-corrected chi connectivity index (χ1v) is 9.32. The van der Waals surface area contributed by atoms with Crippen LogP contribution in [-0.4, -0.2) is 40.2 Å². The van der Waals surface area contributed by atoms with Gasteiger partial charge in [0.1, 0.15) is 5.25 Å². The smallest absolute Gasteiger partial charge is 0.262 e. The number of aryl methyl sites for hydroxylation is 2. The van der Waals surface area contributed by atoms with Gasteiger partial charge in [-0.2, -0.15) is 4.99 Å². The van der Waals surface area contributed by atoms with Crippen molar-refractivity contribution in [3.05, 3.63) is 29.3 Å². The number of likely N-dealkylation sites (tertiary alicyclic amines) is 1. The molecule has 0 unspecified atom stereocenters. The molecule has 1 aromatic rings. The normalized spacial score (nSPS) is 20.9. The fourth-order valence-electron chi connectivity index (χ4n) is 2.97. The van der Waals surface area contributed by atoms with Gasteiger partial charge in [0.2, 0.25) is 5.91 Å². The third kappa shape index (κ3) is 3.98. The van der Waals surface area contributed by atoms with Gasteiger partial charge >= 0.3 is 0 Å². The molecule has 128 valence electrons. The molecular formula is C18H23N3O2S. The van der Waals surface area contributed by atoms with E-state index in [2.05, 4.69) is 15.2 Å². The van der Waals surface area contributed by atoms with Crippen LogP contribution in [0.3, 0.4) is 0 Å². The van der Waals surface area contributed by atoms with E-state index in [1.165, 1.54) is 18.2 Å². The Bertz CT molecular complexity index is 681. The molecule has 0 radical (unpaired) electrons. The molecular weight excluding hydrogens is 322 g/mol. The first-order chi connectivity index (χ1) is 11.5. The lowest BCUT2D eigenvalue weighted by atomic mass is 10.1. The molecule has 0 saturated carbocycles. The number of carbonyl (C=O) groups excluding carboxylic acids is 2. The average molecular weight is 345 g/mol. The minimum Gasteiger partial charge on any atom is -0.351 e. The van der Waals surface area contributed by atoms with Gasteiger partial charge in [-0.15, -0.1) is 0 Å². The Balaban J connectivity index is 1.57. The molecule has 1 saturated heterocycles. The summed E-state index contributed by atoms with van der Waals surface area (Å²) in [6, 6.07) is 5.95. The van der Waals surface area contributed by atoms with E-state index in [1.54, 1.807) is 0 Å². The van der Waals surface area contributed by atoms with Crippen molar-refractivity contribution in [2.45, 2.75) is 44.8 Å². The highest BCUT2D eigenvalue weighted by Gasteiger charge is 2.33. The van der Waals surface area contributed by atoms with Crippen LogP contribution in [-0.2, 0) is 9.59 Å². The summed E-state index contributed by atoms with van der Waals surface area (Å²) in [4.78, 5) is 30.8. The zero-order valence-corrected chi connectivity index (χ0v) is 15.0. The predicted molar refractivity (Wildman–Crippen MR) is 98.4 cm³/mol. The SMILES string of the molecule is Cc1ccc(C)c(NC(=O)C[C@H]2SC(N3CCCCC3)=NC2=O)c1. The lowest BCUT2D eigenvalue weighted by Crippen LogP contribution is -2.33. The number of thioether (sulfide) groups is 1. The molecule has 0 bridgehead atoms. The molecule has 1 aromatic carbocycles. The molecule has 1 atom stereocenters. The number of hydrogen-bond donors (Lipinski definition) is 1. The summed E-state index contributed by atoms with van der Waals surface area (Å²) in [7, 11) is 0. The van der Waals surface area contributed by atoms with Crippen molar-refractivity contribution >= 4 is 34.4 Å². The third-order valence-electron chi connectivity index (χ3n) is 4.39. The molecule has 2 aliphatic rings. The first kappa shape index (κ1) is 17.0. The van der Waals surface area contributed by atoms with Crippen molar-refractivity contribution in [2.75, 3.05) is 18.4 Å². The zero-order chi connectivity index (χ0) is 17.1. The summed E-state index contributed by atoms with van der Waals surface area (Å²) in [5.74, 6) is -0.318. The predicted octanol–water partition coefficient (Wildman–Crippen LogP) is 3.12. The van der Waals surface area contributed by atoms with Gasteiger partial charge in [-0.3, -0.25) is 9.59 Å². The summed E-state index contributed by atoms with van der Waals surface area (Å²) in [6.07, 6.45) is 3.69. The van der Waals surface area contributed by atoms with Crippen LogP contribution in [0.1, 0.15) is 36.8 Å². The number of carbonyl (C=O) groups is 2. The monoisotopic (exact) mass is 345 g/mol. The van der Waals surface area contributed by atoms with E-state index in [0.717, 1.165) is 47.9 Å². The zero-order valence-electron chi connectivity index (χ0n) is 14.2. The van der Waals surface area contributed by atoms with Gasteiger partial charge in [0.25, 0.3) is 5.91 Å². The van der Waals surface area contributed by atoms with Crippen LogP contribution >= 0.6 is 11.8 Å². The summed E-state index contributed by atoms with van der Waals surface area (Å²) >= 11 is 1.44. The van der Waals surface area contributed by atoms with Gasteiger partial charge in [-0.05, 0) is 50.3 Å². The van der Waals surface area contributed by atoms with E-state index in [1.807, 2.05) is 32.0 Å². The molecule has 6 heteroatoms. The highest BCUT2D eigenvalue weighted by atomic mass is 32.2. The van der Waals surface area contributed by atoms with Crippen molar-refractivity contribution in [3.63, 3.8) is 0 Å². The number of aliphatic imine (C=N–C) groups is 1. The van der Waals surface area contributed by atoms with Crippen molar-refractivity contribution in [1.82, 2.24) is 4.90 Å². The lowest BCUT2D eigenvalue weighted by Gasteiger charge is -2.27. The second-order valence-corrected chi connectivity index (χ2v) is 7.63. The minimum absolute atomic E-state index is 0.135. The van der Waals surface area contributed by atoms with Crippen molar-refractivity contribution in [1.29, 1.82) is 0 Å². The number of hydrogen-bond acceptors (Lipinski definition) is 4. The van der Waals surface area contributed by atoms with E-state index in [9.17, 15) is 9.59 Å². The second-order valence-electron chi connectivity index (χ2n) is 6.46. The number of amidine groups is 1. The molecule has 24 heavy (non-hydrogen) atoms. The van der Waals surface area contributed by atoms with Gasteiger partial charge < -0.3 is 10.2 Å². The highest BCUT2D eigenvalue weighted by molar-refractivity contribution is 8.15. The average Bonchev–Trinajstić information content (AvgIpc) is 2.92. The van der Waals surface area contributed by atoms with Gasteiger partial charge in [-0.1, -0.05) is 23.9 Å². The van der Waals surface area contributed by atoms with Crippen LogP contribution in [0.5, 0.6) is 0 Å². The molecule has 2 amide bonds. The molecule has 2 aliphatic heterocycles. The van der Waals surface area contributed by atoms with E-state index in [0.29, 0.717) is 0 Å². The van der Waals surface area contributed by atoms with Crippen LogP contribution in [0.15, 0.2) is 23.2 Å². The summed E-state index contributed by atoms with van der Waals surface area (Å²) in [6.45, 7) is 5.87. The maximum Gasteiger partial charge on any atom is 0.262 e. The van der Waals surface area contributed by atoms with Crippen LogP contribution < -0.4 is 5.32 Å². The number of rotatable bonds is 3. The Hall–Kier alpha value is -1.82. The number of piperidine rings is 1. The molecule has 3 rings (SSSR count). The first-order valence-electron chi connectivity index (χ1n) is 8.44. The molecule has 1 N–H and O–H groups in total. The third-order valence-corrected chi connectivity index (χ3v) is 5.61. The molecule has 5 nitrogen and oxygen atoms in total. The minimum atomic E-state index is -0.396. The van der Waals surface area contributed by atoms with Crippen molar-refractivity contribution in [2.24, 2.45) is 4.99 Å². The molecule has 0 spiro atoms. The van der Waals surface area contributed by atoms with Crippen LogP contribution in [0.2, 0.25) is 0 Å². The quantitative estimate of drug-likeness (QED) is 0.914. The Morgan fingerprint density at radius 3 is 2.79 bits per heavy atom. The maximum atomic E-state index is 12.3. The molecule has 2 heterocycles. The molecule has 0 aromatic heterocycles. The van der Waals surface area contributed by atoms with Crippen LogP contribution in [0, 0.1) is 13.8 Å². The van der Waals surface area contributed by atoms with E-state index in [-0.39, 0.29) is 18.2 Å². The van der Waals surface area contributed by atoms with Gasteiger partial charge in [0, 0.05) is 25.2 Å². The Kier molecular flexibility index (Phi) is 5.23. The van der Waals surface area contributed by atoms with E-state index < -0.39 is 5.25 Å². The summed E-state index contributed by atoms with van der Waals surface area (Å²) < 4.78 is 0. The van der Waals surface area contributed by atoms with Gasteiger partial charge in [0.15, 0.2) is 5.17 Å². The van der Waals surface area contributed by atoms with Crippen molar-refractivity contribution in [3.8, 4) is 0 Å². The van der Waals surface area contributed by atoms with Gasteiger partial charge in [0.05, 0.1) is 0 Å². The number of benzene rings is 1. The maximum absolute atomic E-state index is 12.3. The molecule has 0 aliphatic carbocycles. The van der Waals surface area contributed by atoms with E-state index >= 15 is 0 Å². The lowest BCUT2D eigenvalue weighted by molar-refractivity contribution is -0.121. The fourth-order valence-corrected chi connectivity index (χ4v) is 4.09. The fraction of sp³-hybridized carbons (Fsp3) is 0.500. The summed E-state index contributed by atoms with van der Waals surface area (Å²) in [5, 5.41) is 3.32. The topological polar surface area (TPSA) is 61.8 Å². The standard InChI is InChI=1S/C18H23N3O2S/c1-12-6-7-13(2)14(10-12)19-16(22)11-15-17(23)20-18(24-15)21-8-4-3-5-9-21/h6-7,10,15H,3-5,8-9,11H2,1-2H3,(H,19,22)/t15-/m1/s1. The Morgan fingerprint density at radius 1 is 1.29 bits per heavy atom. The molecule has 1 fully saturated rings. The number of nitrogens with one attached hydrogen (secondary N) is 1. The van der Waals surface area contributed by atoms with Crippen LogP contribution in [0.25, 0.3) is 0 Å². The highest BCUT2D eigenvalue weighted by Crippen LogP contribution is 2.29. The van der Waals surface area contributed by atoms with Crippen LogP contribution in [0.4, 0.5) is 5.69 Å². The number of amides is 2. The van der Waals surface area contributed by atoms with Gasteiger partial charge in [-0.25, -0.2) is 0 Å². The summed E-state index contributed by atoms with van der Waals surface area (Å²) in [5.41, 5.74) is 2.93. The van der Waals surface area contributed by atoms with E-state index in [4.69, 9.17) is 0 Å². The second kappa shape index (κ2) is 7.38. The largest absolute Gasteiger partial charge is 0.351 e. The number of nitrogens with zero attached hydrogens (tertiary/aromatic N) is 2. The Labute approximate surface area is 146 Å². The van der Waals surface area contributed by atoms with Crippen molar-refractivity contribution < 1.29 is 9.59 Å². The Morgan fingerprint density at radius 2 is 2.04 bits per heavy atom.